The monoisotopic (exact) mass is 334 g/mol. The van der Waals surface area contributed by atoms with Gasteiger partial charge in [0.2, 0.25) is 0 Å². The summed E-state index contributed by atoms with van der Waals surface area (Å²) in [6.45, 7) is 10.3. The number of aromatic nitrogens is 1. The summed E-state index contributed by atoms with van der Waals surface area (Å²) in [6, 6.07) is 9.37. The van der Waals surface area contributed by atoms with E-state index in [1.807, 2.05) is 6.08 Å². The Morgan fingerprint density at radius 3 is 2.76 bits per heavy atom. The predicted octanol–water partition coefficient (Wildman–Crippen LogP) is 5.64. The highest BCUT2D eigenvalue weighted by Crippen LogP contribution is 2.26. The Balaban J connectivity index is 1.66. The van der Waals surface area contributed by atoms with E-state index in [1.54, 1.807) is 0 Å². The average molecular weight is 335 g/mol. The Morgan fingerprint density at radius 1 is 1.24 bits per heavy atom. The number of para-hydroxylation sites is 1. The van der Waals surface area contributed by atoms with E-state index in [0.29, 0.717) is 0 Å². The van der Waals surface area contributed by atoms with Gasteiger partial charge in [0.1, 0.15) is 0 Å². The first-order valence-electron chi connectivity index (χ1n) is 9.43. The molecule has 0 amide bonds. The number of nitrogens with zero attached hydrogens (tertiary/aromatic N) is 1. The minimum absolute atomic E-state index is 0.762. The van der Waals surface area contributed by atoms with E-state index in [4.69, 9.17) is 0 Å². The zero-order valence-electron chi connectivity index (χ0n) is 15.6. The van der Waals surface area contributed by atoms with E-state index in [0.717, 1.165) is 25.6 Å². The lowest BCUT2D eigenvalue weighted by atomic mass is 9.90. The summed E-state index contributed by atoms with van der Waals surface area (Å²) in [6.07, 6.45) is 13.7. The van der Waals surface area contributed by atoms with Crippen molar-refractivity contribution in [2.45, 2.75) is 45.6 Å². The van der Waals surface area contributed by atoms with Crippen molar-refractivity contribution in [2.75, 3.05) is 13.1 Å². The van der Waals surface area contributed by atoms with E-state index in [-0.39, 0.29) is 0 Å². The molecule has 1 heterocycles. The van der Waals surface area contributed by atoms with Crippen LogP contribution >= 0.6 is 0 Å². The number of fused-ring (bicyclic) bond motifs is 1. The van der Waals surface area contributed by atoms with Gasteiger partial charge in [0.15, 0.2) is 0 Å². The van der Waals surface area contributed by atoms with Gasteiger partial charge >= 0.3 is 0 Å². The van der Waals surface area contributed by atoms with Crippen molar-refractivity contribution in [3.05, 3.63) is 72.0 Å². The molecule has 0 aliphatic heterocycles. The number of nitrogens with one attached hydrogen (secondary N) is 1. The highest BCUT2D eigenvalue weighted by Gasteiger charge is 2.24. The zero-order chi connectivity index (χ0) is 17.6. The van der Waals surface area contributed by atoms with Crippen LogP contribution in [0.1, 0.15) is 38.7 Å². The maximum Gasteiger partial charge on any atom is 0.0456 e. The van der Waals surface area contributed by atoms with E-state index >= 15 is 0 Å². The van der Waals surface area contributed by atoms with Gasteiger partial charge in [-0.25, -0.2) is 0 Å². The second kappa shape index (κ2) is 8.35. The number of rotatable bonds is 8. The molecule has 2 heteroatoms. The first-order chi connectivity index (χ1) is 12.2. The maximum atomic E-state index is 3.82. The highest BCUT2D eigenvalue weighted by molar-refractivity contribution is 5.83. The summed E-state index contributed by atoms with van der Waals surface area (Å²) in [7, 11) is 0. The first-order valence-corrected chi connectivity index (χ1v) is 9.43. The van der Waals surface area contributed by atoms with Crippen LogP contribution in [0.3, 0.4) is 0 Å². The lowest BCUT2D eigenvalue weighted by Gasteiger charge is -2.38. The Bertz CT molecular complexity index is 774. The van der Waals surface area contributed by atoms with Crippen molar-refractivity contribution in [1.29, 1.82) is 0 Å². The number of allylic oxidation sites excluding steroid dienone is 4. The molecule has 1 aromatic heterocycles. The molecule has 0 bridgehead atoms. The summed E-state index contributed by atoms with van der Waals surface area (Å²) >= 11 is 0. The summed E-state index contributed by atoms with van der Waals surface area (Å²) in [5, 5.41) is 1.37. The molecule has 2 aromatic rings. The largest absolute Gasteiger partial charge is 0.361 e. The minimum Gasteiger partial charge on any atom is -0.361 e. The maximum absolute atomic E-state index is 3.82. The molecule has 0 radical (unpaired) electrons. The van der Waals surface area contributed by atoms with Gasteiger partial charge in [-0.15, -0.1) is 0 Å². The Labute approximate surface area is 151 Å². The van der Waals surface area contributed by atoms with Crippen molar-refractivity contribution in [1.82, 2.24) is 9.88 Å². The van der Waals surface area contributed by atoms with Crippen molar-refractivity contribution >= 4 is 10.9 Å². The highest BCUT2D eigenvalue weighted by atomic mass is 15.2. The molecule has 0 saturated heterocycles. The van der Waals surface area contributed by atoms with Crippen LogP contribution in [0.25, 0.3) is 10.9 Å². The summed E-state index contributed by atoms with van der Waals surface area (Å²) < 4.78 is 0. The van der Waals surface area contributed by atoms with Crippen molar-refractivity contribution in [3.8, 4) is 0 Å². The molecule has 1 aromatic carbocycles. The van der Waals surface area contributed by atoms with Crippen LogP contribution in [0.2, 0.25) is 0 Å². The molecule has 1 N–H and O–H groups in total. The van der Waals surface area contributed by atoms with Crippen LogP contribution in [0.4, 0.5) is 0 Å². The van der Waals surface area contributed by atoms with Gasteiger partial charge in [-0.05, 0) is 44.7 Å². The number of hydrogen-bond donors (Lipinski definition) is 1. The van der Waals surface area contributed by atoms with E-state index in [9.17, 15) is 0 Å². The van der Waals surface area contributed by atoms with Gasteiger partial charge in [-0.3, -0.25) is 4.90 Å². The fraction of sp³-hybridized carbons (Fsp3) is 0.391. The molecule has 132 valence electrons. The van der Waals surface area contributed by atoms with Crippen LogP contribution in [0.5, 0.6) is 0 Å². The van der Waals surface area contributed by atoms with Gasteiger partial charge in [-0.2, -0.15) is 0 Å². The molecule has 3 rings (SSSR count). The third-order valence-electron chi connectivity index (χ3n) is 5.34. The van der Waals surface area contributed by atoms with Crippen LogP contribution in [0, 0.1) is 0 Å². The fourth-order valence-electron chi connectivity index (χ4n) is 3.46. The normalized spacial score (nSPS) is 16.4. The summed E-state index contributed by atoms with van der Waals surface area (Å²) in [5.74, 6) is 0. The number of hydrogen-bond acceptors (Lipinski definition) is 1. The molecular formula is C23H30N2. The van der Waals surface area contributed by atoms with E-state index in [2.05, 4.69) is 72.9 Å². The molecule has 1 aliphatic carbocycles. The first kappa shape index (κ1) is 17.8. The molecule has 1 aliphatic rings. The molecule has 1 saturated carbocycles. The van der Waals surface area contributed by atoms with Crippen LogP contribution in [-0.2, 0) is 6.42 Å². The van der Waals surface area contributed by atoms with Crippen molar-refractivity contribution < 1.29 is 0 Å². The molecule has 0 unspecified atom stereocenters. The Kier molecular flexibility index (Phi) is 5.93. The molecule has 2 nitrogen and oxygen atoms in total. The van der Waals surface area contributed by atoms with Crippen LogP contribution in [0.15, 0.2) is 66.4 Å². The smallest absolute Gasteiger partial charge is 0.0456 e. The number of benzene rings is 1. The molecule has 0 atom stereocenters. The molecule has 1 fully saturated rings. The Morgan fingerprint density at radius 2 is 2.04 bits per heavy atom. The fourth-order valence-corrected chi connectivity index (χ4v) is 3.46. The van der Waals surface area contributed by atoms with Crippen LogP contribution < -0.4 is 0 Å². The van der Waals surface area contributed by atoms with E-state index < -0.39 is 0 Å². The lowest BCUT2D eigenvalue weighted by molar-refractivity contribution is 0.140. The second-order valence-electron chi connectivity index (χ2n) is 7.29. The summed E-state index contributed by atoms with van der Waals surface area (Å²) in [4.78, 5) is 6.08. The predicted molar refractivity (Wildman–Crippen MR) is 109 cm³/mol. The lowest BCUT2D eigenvalue weighted by Crippen LogP contribution is -2.42. The van der Waals surface area contributed by atoms with Crippen molar-refractivity contribution in [3.63, 3.8) is 0 Å². The van der Waals surface area contributed by atoms with Crippen LogP contribution in [-0.4, -0.2) is 29.0 Å². The minimum atomic E-state index is 0.762. The van der Waals surface area contributed by atoms with Gasteiger partial charge in [0.05, 0.1) is 0 Å². The Hall–Kier alpha value is -2.06. The van der Waals surface area contributed by atoms with Gasteiger partial charge in [-0.1, -0.05) is 60.6 Å². The number of aromatic amines is 1. The van der Waals surface area contributed by atoms with Gasteiger partial charge < -0.3 is 4.98 Å². The molecule has 0 spiro atoms. The van der Waals surface area contributed by atoms with Gasteiger partial charge in [0, 0.05) is 36.2 Å². The summed E-state index contributed by atoms with van der Waals surface area (Å²) in [5.41, 5.74) is 5.32. The average Bonchev–Trinajstić information content (AvgIpc) is 2.99. The molecule has 25 heavy (non-hydrogen) atoms. The zero-order valence-corrected chi connectivity index (χ0v) is 15.6. The van der Waals surface area contributed by atoms with Gasteiger partial charge in [0.25, 0.3) is 0 Å². The topological polar surface area (TPSA) is 19.0 Å². The molecular weight excluding hydrogens is 304 g/mol. The third-order valence-corrected chi connectivity index (χ3v) is 5.34. The third kappa shape index (κ3) is 4.52. The number of H-pyrrole nitrogens is 1. The standard InChI is InChI=1S/C23H30N2/c1-4-18(2)12-13-19(3)17-25(21-8-7-9-21)15-14-20-16-24-23-11-6-5-10-22(20)23/h4-6,10-13,16,21,24H,1,7-9,14-15,17H2,2-3H3/b18-12-,19-13+. The SMILES string of the molecule is C=C/C(C)=C\C=C(/C)CN(CCc1c[nH]c2ccccc12)C1CCC1. The van der Waals surface area contributed by atoms with Crippen molar-refractivity contribution in [2.24, 2.45) is 0 Å². The van der Waals surface area contributed by atoms with E-state index in [1.165, 1.54) is 46.9 Å². The quantitative estimate of drug-likeness (QED) is 0.619. The second-order valence-corrected chi connectivity index (χ2v) is 7.29.